The third-order valence-electron chi connectivity index (χ3n) is 3.09. The van der Waals surface area contributed by atoms with Crippen molar-refractivity contribution in [1.82, 2.24) is 10.3 Å². The van der Waals surface area contributed by atoms with Crippen LogP contribution in [-0.4, -0.2) is 31.2 Å². The molecule has 1 aromatic heterocycles. The van der Waals surface area contributed by atoms with Crippen LogP contribution >= 0.6 is 0 Å². The van der Waals surface area contributed by atoms with Crippen molar-refractivity contribution >= 4 is 16.6 Å². The normalized spacial score (nSPS) is 15.6. The topological polar surface area (TPSA) is 46.2 Å². The highest BCUT2D eigenvalue weighted by Gasteiger charge is 2.17. The molecule has 17 heavy (non-hydrogen) atoms. The molecule has 1 fully saturated rings. The Kier molecular flexibility index (Phi) is 2.57. The molecule has 2 N–H and O–H groups in total. The summed E-state index contributed by atoms with van der Waals surface area (Å²) in [6.45, 7) is 2.04. The van der Waals surface area contributed by atoms with Crippen LogP contribution in [0, 0.1) is 0 Å². The number of rotatable bonds is 3. The number of hydrogen-bond acceptors (Lipinski definition) is 4. The summed E-state index contributed by atoms with van der Waals surface area (Å²) in [5.74, 6) is 0.861. The summed E-state index contributed by atoms with van der Waals surface area (Å²) in [6.07, 6.45) is 1.84. The number of fused-ring (bicyclic) bond motifs is 1. The maximum atomic E-state index is 5.25. The minimum absolute atomic E-state index is 0.520. The van der Waals surface area contributed by atoms with Crippen molar-refractivity contribution in [1.29, 1.82) is 0 Å². The van der Waals surface area contributed by atoms with E-state index in [-0.39, 0.29) is 0 Å². The van der Waals surface area contributed by atoms with E-state index in [2.05, 4.69) is 15.6 Å². The minimum Gasteiger partial charge on any atom is -0.497 e. The molecule has 0 atom stereocenters. The van der Waals surface area contributed by atoms with E-state index < -0.39 is 0 Å². The van der Waals surface area contributed by atoms with Gasteiger partial charge in [-0.2, -0.15) is 0 Å². The monoisotopic (exact) mass is 229 g/mol. The summed E-state index contributed by atoms with van der Waals surface area (Å²) in [6, 6.07) is 8.48. The van der Waals surface area contributed by atoms with Gasteiger partial charge in [-0.15, -0.1) is 0 Å². The van der Waals surface area contributed by atoms with Crippen molar-refractivity contribution in [3.63, 3.8) is 0 Å². The van der Waals surface area contributed by atoms with Gasteiger partial charge in [0.1, 0.15) is 5.75 Å². The SMILES string of the molecule is COc1ccc2nccc(NC3CNC3)c2c1. The lowest BCUT2D eigenvalue weighted by atomic mass is 10.1. The number of nitrogens with one attached hydrogen (secondary N) is 2. The quantitative estimate of drug-likeness (QED) is 0.839. The van der Waals surface area contributed by atoms with Crippen molar-refractivity contribution in [2.45, 2.75) is 6.04 Å². The zero-order chi connectivity index (χ0) is 11.7. The Labute approximate surface area is 100.0 Å². The molecule has 3 rings (SSSR count). The molecule has 0 amide bonds. The molecular weight excluding hydrogens is 214 g/mol. The number of hydrogen-bond donors (Lipinski definition) is 2. The Morgan fingerprint density at radius 3 is 2.94 bits per heavy atom. The van der Waals surface area contributed by atoms with Crippen molar-refractivity contribution in [2.24, 2.45) is 0 Å². The predicted molar refractivity (Wildman–Crippen MR) is 68.6 cm³/mol. The third kappa shape index (κ3) is 1.91. The van der Waals surface area contributed by atoms with Crippen molar-refractivity contribution < 1.29 is 4.74 Å². The molecule has 0 bridgehead atoms. The van der Waals surface area contributed by atoms with Crippen LogP contribution in [0.1, 0.15) is 0 Å². The lowest BCUT2D eigenvalue weighted by molar-refractivity contribution is 0.415. The lowest BCUT2D eigenvalue weighted by Gasteiger charge is -2.29. The summed E-state index contributed by atoms with van der Waals surface area (Å²) in [5, 5.41) is 7.87. The van der Waals surface area contributed by atoms with E-state index in [4.69, 9.17) is 4.74 Å². The second-order valence-corrected chi connectivity index (χ2v) is 4.24. The molecule has 0 aliphatic carbocycles. The highest BCUT2D eigenvalue weighted by molar-refractivity contribution is 5.92. The van der Waals surface area contributed by atoms with Crippen molar-refractivity contribution in [2.75, 3.05) is 25.5 Å². The zero-order valence-electron chi connectivity index (χ0n) is 9.73. The molecule has 88 valence electrons. The fourth-order valence-corrected chi connectivity index (χ4v) is 1.99. The van der Waals surface area contributed by atoms with Gasteiger partial charge >= 0.3 is 0 Å². The highest BCUT2D eigenvalue weighted by atomic mass is 16.5. The van der Waals surface area contributed by atoms with Gasteiger partial charge < -0.3 is 15.4 Å². The van der Waals surface area contributed by atoms with Gasteiger partial charge in [0.15, 0.2) is 0 Å². The van der Waals surface area contributed by atoms with E-state index in [0.717, 1.165) is 35.4 Å². The first-order valence-corrected chi connectivity index (χ1v) is 5.77. The molecule has 0 unspecified atom stereocenters. The molecule has 2 aromatic rings. The molecule has 1 aromatic carbocycles. The smallest absolute Gasteiger partial charge is 0.119 e. The lowest BCUT2D eigenvalue weighted by Crippen LogP contribution is -2.51. The zero-order valence-corrected chi connectivity index (χ0v) is 9.73. The largest absolute Gasteiger partial charge is 0.497 e. The summed E-state index contributed by atoms with van der Waals surface area (Å²) in [5.41, 5.74) is 2.11. The van der Waals surface area contributed by atoms with Crippen molar-refractivity contribution in [3.05, 3.63) is 30.5 Å². The van der Waals surface area contributed by atoms with E-state index in [9.17, 15) is 0 Å². The van der Waals surface area contributed by atoms with Crippen molar-refractivity contribution in [3.8, 4) is 5.75 Å². The fraction of sp³-hybridized carbons (Fsp3) is 0.308. The molecule has 2 heterocycles. The summed E-state index contributed by atoms with van der Waals surface area (Å²) in [4.78, 5) is 4.36. The van der Waals surface area contributed by atoms with Crippen LogP contribution in [0.4, 0.5) is 5.69 Å². The Morgan fingerprint density at radius 2 is 2.24 bits per heavy atom. The number of ether oxygens (including phenoxy) is 1. The average Bonchev–Trinajstić information content (AvgIpc) is 2.33. The molecule has 0 radical (unpaired) electrons. The van der Waals surface area contributed by atoms with Gasteiger partial charge in [-0.1, -0.05) is 0 Å². The van der Waals surface area contributed by atoms with Crippen LogP contribution in [0.2, 0.25) is 0 Å². The molecule has 1 saturated heterocycles. The predicted octanol–water partition coefficient (Wildman–Crippen LogP) is 1.63. The van der Waals surface area contributed by atoms with E-state index in [0.29, 0.717) is 6.04 Å². The number of pyridine rings is 1. The van der Waals surface area contributed by atoms with Crippen LogP contribution < -0.4 is 15.4 Å². The van der Waals surface area contributed by atoms with E-state index in [1.165, 1.54) is 0 Å². The van der Waals surface area contributed by atoms with E-state index >= 15 is 0 Å². The van der Waals surface area contributed by atoms with Crippen LogP contribution in [-0.2, 0) is 0 Å². The number of nitrogens with zero attached hydrogens (tertiary/aromatic N) is 1. The Bertz CT molecular complexity index is 537. The molecule has 0 saturated carbocycles. The highest BCUT2D eigenvalue weighted by Crippen LogP contribution is 2.26. The Morgan fingerprint density at radius 1 is 1.35 bits per heavy atom. The van der Waals surface area contributed by atoms with Gasteiger partial charge in [-0.25, -0.2) is 0 Å². The summed E-state index contributed by atoms with van der Waals surface area (Å²) < 4.78 is 5.25. The summed E-state index contributed by atoms with van der Waals surface area (Å²) >= 11 is 0. The minimum atomic E-state index is 0.520. The van der Waals surface area contributed by atoms with Gasteiger partial charge in [0, 0.05) is 30.4 Å². The Hall–Kier alpha value is -1.81. The number of anilines is 1. The maximum Gasteiger partial charge on any atom is 0.119 e. The molecule has 1 aliphatic heterocycles. The van der Waals surface area contributed by atoms with Crippen LogP contribution in [0.3, 0.4) is 0 Å². The molecular formula is C13H15N3O. The number of benzene rings is 1. The average molecular weight is 229 g/mol. The molecule has 4 nitrogen and oxygen atoms in total. The molecule has 4 heteroatoms. The van der Waals surface area contributed by atoms with Gasteiger partial charge in [0.05, 0.1) is 18.7 Å². The van der Waals surface area contributed by atoms with Crippen LogP contribution in [0.5, 0.6) is 5.75 Å². The number of methoxy groups -OCH3 is 1. The second-order valence-electron chi connectivity index (χ2n) is 4.24. The first-order chi connectivity index (χ1) is 8.36. The summed E-state index contributed by atoms with van der Waals surface area (Å²) in [7, 11) is 1.68. The first-order valence-electron chi connectivity index (χ1n) is 5.77. The van der Waals surface area contributed by atoms with Gasteiger partial charge in [-0.3, -0.25) is 4.98 Å². The fourth-order valence-electron chi connectivity index (χ4n) is 1.99. The van der Waals surface area contributed by atoms with Gasteiger partial charge in [0.25, 0.3) is 0 Å². The van der Waals surface area contributed by atoms with Gasteiger partial charge in [-0.05, 0) is 24.3 Å². The standard InChI is InChI=1S/C13H15N3O/c1-17-10-2-3-12-11(6-10)13(4-5-15-12)16-9-7-14-8-9/h2-6,9,14H,7-8H2,1H3,(H,15,16). The first kappa shape index (κ1) is 10.4. The number of aromatic nitrogens is 1. The molecule has 1 aliphatic rings. The van der Waals surface area contributed by atoms with Crippen LogP contribution in [0.25, 0.3) is 10.9 Å². The Balaban J connectivity index is 2.02. The van der Waals surface area contributed by atoms with E-state index in [1.54, 1.807) is 7.11 Å². The van der Waals surface area contributed by atoms with E-state index in [1.807, 2.05) is 30.5 Å². The molecule has 0 spiro atoms. The third-order valence-corrected chi connectivity index (χ3v) is 3.09. The maximum absolute atomic E-state index is 5.25. The second kappa shape index (κ2) is 4.22. The van der Waals surface area contributed by atoms with Gasteiger partial charge in [0.2, 0.25) is 0 Å². The van der Waals surface area contributed by atoms with Crippen LogP contribution in [0.15, 0.2) is 30.5 Å².